The SMILES string of the molecule is CCCCc1ccc2c(c1)NCCCO2. The number of anilines is 1. The minimum Gasteiger partial charge on any atom is -0.491 e. The lowest BCUT2D eigenvalue weighted by Crippen LogP contribution is -2.00. The van der Waals surface area contributed by atoms with Crippen molar-refractivity contribution in [1.29, 1.82) is 0 Å². The number of ether oxygens (including phenoxy) is 1. The van der Waals surface area contributed by atoms with E-state index in [1.165, 1.54) is 30.5 Å². The number of benzene rings is 1. The molecule has 1 N–H and O–H groups in total. The van der Waals surface area contributed by atoms with Crippen LogP contribution in [0.5, 0.6) is 5.75 Å². The second-order valence-corrected chi connectivity index (χ2v) is 4.06. The minimum atomic E-state index is 0.828. The summed E-state index contributed by atoms with van der Waals surface area (Å²) < 4.78 is 5.65. The Morgan fingerprint density at radius 3 is 3.20 bits per heavy atom. The van der Waals surface area contributed by atoms with Crippen molar-refractivity contribution < 1.29 is 4.74 Å². The number of rotatable bonds is 3. The fraction of sp³-hybridized carbons (Fsp3) is 0.538. The molecule has 0 saturated heterocycles. The van der Waals surface area contributed by atoms with Gasteiger partial charge in [-0.15, -0.1) is 0 Å². The van der Waals surface area contributed by atoms with Crippen molar-refractivity contribution in [2.45, 2.75) is 32.6 Å². The van der Waals surface area contributed by atoms with Crippen LogP contribution in [0.4, 0.5) is 5.69 Å². The van der Waals surface area contributed by atoms with Crippen LogP contribution < -0.4 is 10.1 Å². The average Bonchev–Trinajstić information content (AvgIpc) is 2.50. The molecule has 82 valence electrons. The van der Waals surface area contributed by atoms with Gasteiger partial charge in [0.25, 0.3) is 0 Å². The molecule has 2 nitrogen and oxygen atoms in total. The molecular formula is C13H19NO. The van der Waals surface area contributed by atoms with E-state index in [4.69, 9.17) is 4.74 Å². The number of hydrogen-bond donors (Lipinski definition) is 1. The summed E-state index contributed by atoms with van der Waals surface area (Å²) in [6.07, 6.45) is 4.77. The highest BCUT2D eigenvalue weighted by Crippen LogP contribution is 2.28. The summed E-state index contributed by atoms with van der Waals surface area (Å²) in [7, 11) is 0. The van der Waals surface area contributed by atoms with E-state index in [2.05, 4.69) is 30.4 Å². The lowest BCUT2D eigenvalue weighted by atomic mass is 10.1. The summed E-state index contributed by atoms with van der Waals surface area (Å²) in [5.74, 6) is 1.01. The molecule has 1 aromatic carbocycles. The smallest absolute Gasteiger partial charge is 0.142 e. The maximum absolute atomic E-state index is 5.65. The Bertz CT molecular complexity index is 322. The van der Waals surface area contributed by atoms with Crippen molar-refractivity contribution in [2.75, 3.05) is 18.5 Å². The zero-order valence-electron chi connectivity index (χ0n) is 9.38. The second-order valence-electron chi connectivity index (χ2n) is 4.06. The second kappa shape index (κ2) is 5.06. The van der Waals surface area contributed by atoms with E-state index in [1.54, 1.807) is 0 Å². The summed E-state index contributed by atoms with van der Waals surface area (Å²) in [6, 6.07) is 6.51. The molecule has 0 aromatic heterocycles. The van der Waals surface area contributed by atoms with Gasteiger partial charge in [0.05, 0.1) is 12.3 Å². The first-order chi connectivity index (χ1) is 7.40. The fourth-order valence-corrected chi connectivity index (χ4v) is 1.85. The van der Waals surface area contributed by atoms with Crippen molar-refractivity contribution in [3.63, 3.8) is 0 Å². The van der Waals surface area contributed by atoms with Crippen LogP contribution in [-0.2, 0) is 6.42 Å². The van der Waals surface area contributed by atoms with Crippen molar-refractivity contribution in [2.24, 2.45) is 0 Å². The molecular weight excluding hydrogens is 186 g/mol. The first-order valence-electron chi connectivity index (χ1n) is 5.90. The molecule has 2 rings (SSSR count). The Hall–Kier alpha value is -1.18. The Morgan fingerprint density at radius 2 is 2.33 bits per heavy atom. The fourth-order valence-electron chi connectivity index (χ4n) is 1.85. The molecule has 15 heavy (non-hydrogen) atoms. The van der Waals surface area contributed by atoms with Crippen LogP contribution in [-0.4, -0.2) is 13.2 Å². The molecule has 1 aliphatic heterocycles. The number of unbranched alkanes of at least 4 members (excludes halogenated alkanes) is 1. The summed E-state index contributed by atoms with van der Waals surface area (Å²) in [4.78, 5) is 0. The van der Waals surface area contributed by atoms with Crippen LogP contribution in [0.15, 0.2) is 18.2 Å². The van der Waals surface area contributed by atoms with E-state index < -0.39 is 0 Å². The zero-order chi connectivity index (χ0) is 10.5. The van der Waals surface area contributed by atoms with Gasteiger partial charge in [0.15, 0.2) is 0 Å². The van der Waals surface area contributed by atoms with Crippen LogP contribution in [0.25, 0.3) is 0 Å². The third-order valence-electron chi connectivity index (χ3n) is 2.76. The molecule has 0 aliphatic carbocycles. The number of aryl methyl sites for hydroxylation is 1. The monoisotopic (exact) mass is 205 g/mol. The summed E-state index contributed by atoms with van der Waals surface area (Å²) in [6.45, 7) is 4.07. The lowest BCUT2D eigenvalue weighted by Gasteiger charge is -2.09. The predicted octanol–water partition coefficient (Wildman–Crippen LogP) is 3.22. The van der Waals surface area contributed by atoms with Crippen molar-refractivity contribution in [3.8, 4) is 5.75 Å². The van der Waals surface area contributed by atoms with Crippen molar-refractivity contribution in [1.82, 2.24) is 0 Å². The maximum atomic E-state index is 5.65. The Morgan fingerprint density at radius 1 is 1.40 bits per heavy atom. The van der Waals surface area contributed by atoms with E-state index >= 15 is 0 Å². The highest BCUT2D eigenvalue weighted by Gasteiger charge is 2.08. The summed E-state index contributed by atoms with van der Waals surface area (Å²) in [5.41, 5.74) is 2.58. The first-order valence-corrected chi connectivity index (χ1v) is 5.90. The Labute approximate surface area is 91.6 Å². The van der Waals surface area contributed by atoms with E-state index in [-0.39, 0.29) is 0 Å². The van der Waals surface area contributed by atoms with Gasteiger partial charge in [-0.2, -0.15) is 0 Å². The molecule has 0 saturated carbocycles. The molecule has 1 aliphatic rings. The predicted molar refractivity (Wildman–Crippen MR) is 63.7 cm³/mol. The maximum Gasteiger partial charge on any atom is 0.142 e. The van der Waals surface area contributed by atoms with E-state index in [9.17, 15) is 0 Å². The van der Waals surface area contributed by atoms with Gasteiger partial charge in [0.2, 0.25) is 0 Å². The average molecular weight is 205 g/mol. The standard InChI is InChI=1S/C13H19NO/c1-2-3-5-11-6-7-13-12(10-11)14-8-4-9-15-13/h6-7,10,14H,2-5,8-9H2,1H3. The van der Waals surface area contributed by atoms with Gasteiger partial charge in [-0.25, -0.2) is 0 Å². The summed E-state index contributed by atoms with van der Waals surface area (Å²) in [5, 5.41) is 3.42. The van der Waals surface area contributed by atoms with Gasteiger partial charge >= 0.3 is 0 Å². The molecule has 0 bridgehead atoms. The zero-order valence-corrected chi connectivity index (χ0v) is 9.38. The molecule has 0 spiro atoms. The van der Waals surface area contributed by atoms with Crippen LogP contribution >= 0.6 is 0 Å². The van der Waals surface area contributed by atoms with Crippen LogP contribution in [0.3, 0.4) is 0 Å². The van der Waals surface area contributed by atoms with Gasteiger partial charge in [-0.3, -0.25) is 0 Å². The van der Waals surface area contributed by atoms with E-state index in [1.807, 2.05) is 0 Å². The lowest BCUT2D eigenvalue weighted by molar-refractivity contribution is 0.323. The minimum absolute atomic E-state index is 0.828. The number of fused-ring (bicyclic) bond motifs is 1. The van der Waals surface area contributed by atoms with Crippen molar-refractivity contribution in [3.05, 3.63) is 23.8 Å². The highest BCUT2D eigenvalue weighted by atomic mass is 16.5. The molecule has 0 amide bonds. The third-order valence-corrected chi connectivity index (χ3v) is 2.76. The normalized spacial score (nSPS) is 14.7. The Kier molecular flexibility index (Phi) is 3.49. The van der Waals surface area contributed by atoms with E-state index in [0.717, 1.165) is 25.3 Å². The molecule has 0 fully saturated rings. The van der Waals surface area contributed by atoms with Gasteiger partial charge in [-0.1, -0.05) is 19.4 Å². The largest absolute Gasteiger partial charge is 0.491 e. The van der Waals surface area contributed by atoms with Crippen LogP contribution in [0.2, 0.25) is 0 Å². The molecule has 0 atom stereocenters. The van der Waals surface area contributed by atoms with Crippen molar-refractivity contribution >= 4 is 5.69 Å². The first kappa shape index (κ1) is 10.3. The van der Waals surface area contributed by atoms with Gasteiger partial charge < -0.3 is 10.1 Å². The Balaban J connectivity index is 2.13. The molecule has 0 unspecified atom stereocenters. The quantitative estimate of drug-likeness (QED) is 0.818. The topological polar surface area (TPSA) is 21.3 Å². The molecule has 0 radical (unpaired) electrons. The van der Waals surface area contributed by atoms with Crippen LogP contribution in [0.1, 0.15) is 31.7 Å². The summed E-state index contributed by atoms with van der Waals surface area (Å²) >= 11 is 0. The number of nitrogens with one attached hydrogen (secondary N) is 1. The van der Waals surface area contributed by atoms with Gasteiger partial charge in [0, 0.05) is 6.54 Å². The molecule has 1 aromatic rings. The number of hydrogen-bond acceptors (Lipinski definition) is 2. The van der Waals surface area contributed by atoms with Gasteiger partial charge in [-0.05, 0) is 37.0 Å². The van der Waals surface area contributed by atoms with Gasteiger partial charge in [0.1, 0.15) is 5.75 Å². The van der Waals surface area contributed by atoms with E-state index in [0.29, 0.717) is 0 Å². The third kappa shape index (κ3) is 2.65. The molecule has 2 heteroatoms. The highest BCUT2D eigenvalue weighted by molar-refractivity contribution is 5.58. The van der Waals surface area contributed by atoms with Crippen LogP contribution in [0, 0.1) is 0 Å². The molecule has 1 heterocycles.